The summed E-state index contributed by atoms with van der Waals surface area (Å²) in [7, 11) is 0. The maximum atomic E-state index is 12.0. The van der Waals surface area contributed by atoms with E-state index in [1.165, 1.54) is 24.3 Å². The third kappa shape index (κ3) is 4.59. The zero-order chi connectivity index (χ0) is 15.2. The van der Waals surface area contributed by atoms with Gasteiger partial charge in [-0.25, -0.2) is 4.79 Å². The standard InChI is InChI=1S/C13H15F2N3O3/c14-12(15)21-9-5-3-8(4-6-9)17-13(20)18-10-2-1-7-16-11(10)19/h3-6,10,12H,1-2,7H2,(H,16,19)(H2,17,18,20). The third-order valence-electron chi connectivity index (χ3n) is 2.93. The van der Waals surface area contributed by atoms with Crippen molar-refractivity contribution in [1.29, 1.82) is 0 Å². The minimum absolute atomic E-state index is 0.00242. The van der Waals surface area contributed by atoms with E-state index in [-0.39, 0.29) is 11.7 Å². The molecule has 1 aromatic carbocycles. The average molecular weight is 299 g/mol. The van der Waals surface area contributed by atoms with E-state index in [0.29, 0.717) is 18.7 Å². The predicted octanol–water partition coefficient (Wildman–Crippen LogP) is 1.69. The van der Waals surface area contributed by atoms with Crippen LogP contribution in [-0.4, -0.2) is 31.1 Å². The molecule has 1 unspecified atom stereocenters. The molecule has 1 aliphatic heterocycles. The molecule has 114 valence electrons. The molecule has 0 bridgehead atoms. The van der Waals surface area contributed by atoms with Crippen LogP contribution in [0.15, 0.2) is 24.3 Å². The minimum atomic E-state index is -2.89. The second kappa shape index (κ2) is 6.87. The number of hydrogen-bond donors (Lipinski definition) is 3. The predicted molar refractivity (Wildman–Crippen MR) is 71.3 cm³/mol. The lowest BCUT2D eigenvalue weighted by atomic mass is 10.1. The summed E-state index contributed by atoms with van der Waals surface area (Å²) in [6.45, 7) is -2.28. The Labute approximate surface area is 119 Å². The summed E-state index contributed by atoms with van der Waals surface area (Å²) < 4.78 is 28.2. The van der Waals surface area contributed by atoms with Gasteiger partial charge in [-0.15, -0.1) is 0 Å². The van der Waals surface area contributed by atoms with Crippen molar-refractivity contribution in [1.82, 2.24) is 10.6 Å². The van der Waals surface area contributed by atoms with Crippen molar-refractivity contribution in [2.75, 3.05) is 11.9 Å². The van der Waals surface area contributed by atoms with Crippen LogP contribution in [0.1, 0.15) is 12.8 Å². The van der Waals surface area contributed by atoms with Crippen molar-refractivity contribution in [3.63, 3.8) is 0 Å². The van der Waals surface area contributed by atoms with Crippen LogP contribution >= 0.6 is 0 Å². The molecule has 1 atom stereocenters. The average Bonchev–Trinajstić information content (AvgIpc) is 2.43. The number of carbonyl (C=O) groups is 2. The SMILES string of the molecule is O=C(Nc1ccc(OC(F)F)cc1)NC1CCCNC1=O. The van der Waals surface area contributed by atoms with Crippen LogP contribution in [0.5, 0.6) is 5.75 Å². The van der Waals surface area contributed by atoms with Crippen molar-refractivity contribution >= 4 is 17.6 Å². The second-order valence-electron chi connectivity index (χ2n) is 4.49. The van der Waals surface area contributed by atoms with E-state index in [1.54, 1.807) is 0 Å². The molecule has 0 spiro atoms. The molecule has 3 amide bonds. The van der Waals surface area contributed by atoms with E-state index >= 15 is 0 Å². The Kier molecular flexibility index (Phi) is 4.91. The van der Waals surface area contributed by atoms with Gasteiger partial charge >= 0.3 is 12.6 Å². The van der Waals surface area contributed by atoms with Crippen molar-refractivity contribution in [2.45, 2.75) is 25.5 Å². The molecule has 0 aromatic heterocycles. The maximum absolute atomic E-state index is 12.0. The molecule has 2 rings (SSSR count). The molecule has 0 radical (unpaired) electrons. The summed E-state index contributed by atoms with van der Waals surface area (Å²) in [6, 6.07) is 4.40. The summed E-state index contributed by atoms with van der Waals surface area (Å²) in [4.78, 5) is 23.2. The van der Waals surface area contributed by atoms with Crippen molar-refractivity contribution in [2.24, 2.45) is 0 Å². The number of urea groups is 1. The van der Waals surface area contributed by atoms with E-state index < -0.39 is 18.7 Å². The second-order valence-corrected chi connectivity index (χ2v) is 4.49. The highest BCUT2D eigenvalue weighted by molar-refractivity contribution is 5.93. The van der Waals surface area contributed by atoms with Crippen LogP contribution in [0.3, 0.4) is 0 Å². The lowest BCUT2D eigenvalue weighted by Crippen LogP contribution is -2.51. The van der Waals surface area contributed by atoms with Crippen LogP contribution in [0, 0.1) is 0 Å². The van der Waals surface area contributed by atoms with Gasteiger partial charge in [-0.05, 0) is 37.1 Å². The molecule has 1 aliphatic rings. The van der Waals surface area contributed by atoms with Gasteiger partial charge in [0.15, 0.2) is 0 Å². The highest BCUT2D eigenvalue weighted by atomic mass is 19.3. The fourth-order valence-corrected chi connectivity index (χ4v) is 1.95. The summed E-state index contributed by atoms with van der Waals surface area (Å²) in [5, 5.41) is 7.73. The molecule has 3 N–H and O–H groups in total. The van der Waals surface area contributed by atoms with E-state index in [9.17, 15) is 18.4 Å². The molecule has 0 aliphatic carbocycles. The van der Waals surface area contributed by atoms with Gasteiger partial charge in [0.2, 0.25) is 5.91 Å². The molecule has 1 saturated heterocycles. The highest BCUT2D eigenvalue weighted by Crippen LogP contribution is 2.17. The molecule has 6 nitrogen and oxygen atoms in total. The fraction of sp³-hybridized carbons (Fsp3) is 0.385. The van der Waals surface area contributed by atoms with Gasteiger partial charge in [0.25, 0.3) is 0 Å². The van der Waals surface area contributed by atoms with Crippen molar-refractivity contribution < 1.29 is 23.1 Å². The number of hydrogen-bond acceptors (Lipinski definition) is 3. The van der Waals surface area contributed by atoms with Gasteiger partial charge in [0.1, 0.15) is 11.8 Å². The Bertz CT molecular complexity index is 508. The van der Waals surface area contributed by atoms with Gasteiger partial charge in [0, 0.05) is 12.2 Å². The molecule has 1 aromatic rings. The first kappa shape index (κ1) is 15.0. The number of ether oxygens (including phenoxy) is 1. The Morgan fingerprint density at radius 2 is 2.05 bits per heavy atom. The van der Waals surface area contributed by atoms with Crippen LogP contribution in [0.4, 0.5) is 19.3 Å². The van der Waals surface area contributed by atoms with Crippen molar-refractivity contribution in [3.05, 3.63) is 24.3 Å². The van der Waals surface area contributed by atoms with E-state index in [2.05, 4.69) is 20.7 Å². The Morgan fingerprint density at radius 1 is 1.33 bits per heavy atom. The summed E-state index contributed by atoms with van der Waals surface area (Å²) in [6.07, 6.45) is 1.39. The highest BCUT2D eigenvalue weighted by Gasteiger charge is 2.23. The number of anilines is 1. The monoisotopic (exact) mass is 299 g/mol. The zero-order valence-electron chi connectivity index (χ0n) is 11.1. The normalized spacial score (nSPS) is 18.0. The van der Waals surface area contributed by atoms with Crippen LogP contribution in [0.2, 0.25) is 0 Å². The summed E-state index contributed by atoms with van der Waals surface area (Å²) >= 11 is 0. The van der Waals surface area contributed by atoms with E-state index in [0.717, 1.165) is 6.42 Å². The van der Waals surface area contributed by atoms with Gasteiger partial charge < -0.3 is 20.7 Å². The lowest BCUT2D eigenvalue weighted by Gasteiger charge is -2.22. The van der Waals surface area contributed by atoms with Gasteiger partial charge in [-0.3, -0.25) is 4.79 Å². The molecule has 8 heteroatoms. The van der Waals surface area contributed by atoms with E-state index in [1.807, 2.05) is 0 Å². The quantitative estimate of drug-likeness (QED) is 0.791. The number of carbonyl (C=O) groups excluding carboxylic acids is 2. The lowest BCUT2D eigenvalue weighted by molar-refractivity contribution is -0.124. The minimum Gasteiger partial charge on any atom is -0.435 e. The van der Waals surface area contributed by atoms with Gasteiger partial charge in [0.05, 0.1) is 0 Å². The molecule has 21 heavy (non-hydrogen) atoms. The number of rotatable bonds is 4. The smallest absolute Gasteiger partial charge is 0.387 e. The number of halogens is 2. The van der Waals surface area contributed by atoms with Crippen LogP contribution in [0.25, 0.3) is 0 Å². The van der Waals surface area contributed by atoms with Crippen LogP contribution in [-0.2, 0) is 4.79 Å². The summed E-state index contributed by atoms with van der Waals surface area (Å²) in [5.41, 5.74) is 0.408. The number of nitrogens with one attached hydrogen (secondary N) is 3. The molecule has 1 fully saturated rings. The van der Waals surface area contributed by atoms with Gasteiger partial charge in [-0.2, -0.15) is 8.78 Å². The molecule has 1 heterocycles. The number of alkyl halides is 2. The van der Waals surface area contributed by atoms with Gasteiger partial charge in [-0.1, -0.05) is 0 Å². The molecular formula is C13H15F2N3O3. The Morgan fingerprint density at radius 3 is 2.67 bits per heavy atom. The largest absolute Gasteiger partial charge is 0.435 e. The fourth-order valence-electron chi connectivity index (χ4n) is 1.95. The third-order valence-corrected chi connectivity index (χ3v) is 2.93. The number of piperidine rings is 1. The zero-order valence-corrected chi connectivity index (χ0v) is 11.1. The molecule has 0 saturated carbocycles. The Balaban J connectivity index is 1.86. The first-order valence-electron chi connectivity index (χ1n) is 6.45. The van der Waals surface area contributed by atoms with Crippen molar-refractivity contribution in [3.8, 4) is 5.75 Å². The number of benzene rings is 1. The maximum Gasteiger partial charge on any atom is 0.387 e. The number of amides is 3. The van der Waals surface area contributed by atoms with E-state index in [4.69, 9.17) is 0 Å². The topological polar surface area (TPSA) is 79.5 Å². The first-order valence-corrected chi connectivity index (χ1v) is 6.45. The first-order chi connectivity index (χ1) is 10.0. The molecular weight excluding hydrogens is 284 g/mol. The van der Waals surface area contributed by atoms with Crippen LogP contribution < -0.4 is 20.7 Å². The summed E-state index contributed by atoms with van der Waals surface area (Å²) in [5.74, 6) is -0.209. The Hall–Kier alpha value is -2.38.